The molecule has 0 radical (unpaired) electrons. The lowest BCUT2D eigenvalue weighted by Gasteiger charge is -2.24. The van der Waals surface area contributed by atoms with Crippen LogP contribution in [0.2, 0.25) is 0 Å². The third kappa shape index (κ3) is 1.86. The zero-order chi connectivity index (χ0) is 13.5. The van der Waals surface area contributed by atoms with Crippen molar-refractivity contribution in [3.8, 4) is 0 Å². The van der Waals surface area contributed by atoms with Crippen LogP contribution in [0.5, 0.6) is 0 Å². The van der Waals surface area contributed by atoms with Crippen molar-refractivity contribution >= 4 is 21.6 Å². The van der Waals surface area contributed by atoms with Crippen LogP contribution in [-0.4, -0.2) is 11.5 Å². The van der Waals surface area contributed by atoms with E-state index in [1.165, 1.54) is 26.4 Å². The first-order chi connectivity index (χ1) is 9.83. The van der Waals surface area contributed by atoms with Crippen molar-refractivity contribution in [2.45, 2.75) is 19.4 Å². The van der Waals surface area contributed by atoms with Gasteiger partial charge < -0.3 is 5.32 Å². The van der Waals surface area contributed by atoms with Crippen molar-refractivity contribution in [1.82, 2.24) is 10.3 Å². The first-order valence-corrected chi connectivity index (χ1v) is 7.79. The van der Waals surface area contributed by atoms with Gasteiger partial charge in [-0.05, 0) is 29.7 Å². The van der Waals surface area contributed by atoms with Crippen LogP contribution in [0, 0.1) is 6.92 Å². The lowest BCUT2D eigenvalue weighted by atomic mass is 9.91. The van der Waals surface area contributed by atoms with E-state index in [1.807, 2.05) is 11.3 Å². The number of aromatic nitrogens is 1. The van der Waals surface area contributed by atoms with E-state index in [9.17, 15) is 0 Å². The van der Waals surface area contributed by atoms with Gasteiger partial charge in [0.25, 0.3) is 0 Å². The summed E-state index contributed by atoms with van der Waals surface area (Å²) >= 11 is 1.83. The van der Waals surface area contributed by atoms with Crippen LogP contribution < -0.4 is 5.32 Å². The van der Waals surface area contributed by atoms with E-state index in [4.69, 9.17) is 4.98 Å². The highest BCUT2D eigenvalue weighted by molar-refractivity contribution is 7.18. The second-order valence-electron chi connectivity index (χ2n) is 5.36. The molecule has 1 atom stereocenters. The molecule has 3 aromatic rings. The maximum absolute atomic E-state index is 4.91. The van der Waals surface area contributed by atoms with Gasteiger partial charge in [0.15, 0.2) is 0 Å². The fraction of sp³-hybridized carbons (Fsp3) is 0.235. The molecule has 1 N–H and O–H groups in total. The fourth-order valence-corrected chi connectivity index (χ4v) is 4.13. The van der Waals surface area contributed by atoms with Gasteiger partial charge in [0.1, 0.15) is 5.01 Å². The average molecular weight is 280 g/mol. The Labute approximate surface area is 122 Å². The van der Waals surface area contributed by atoms with Crippen LogP contribution >= 0.6 is 11.3 Å². The molecular formula is C17H16N2S. The minimum Gasteiger partial charge on any atom is -0.312 e. The zero-order valence-electron chi connectivity index (χ0n) is 11.4. The third-order valence-electron chi connectivity index (χ3n) is 4.03. The Hall–Kier alpha value is -1.71. The van der Waals surface area contributed by atoms with Crippen LogP contribution in [0.3, 0.4) is 0 Å². The summed E-state index contributed by atoms with van der Waals surface area (Å²) < 4.78 is 1.29. The normalized spacial score (nSPS) is 18.1. The van der Waals surface area contributed by atoms with Gasteiger partial charge in [0.2, 0.25) is 0 Å². The molecule has 0 saturated carbocycles. The molecule has 1 unspecified atom stereocenters. The maximum Gasteiger partial charge on any atom is 0.103 e. The van der Waals surface area contributed by atoms with Gasteiger partial charge in [-0.25, -0.2) is 4.98 Å². The van der Waals surface area contributed by atoms with Crippen molar-refractivity contribution in [1.29, 1.82) is 0 Å². The van der Waals surface area contributed by atoms with Crippen molar-refractivity contribution in [2.24, 2.45) is 0 Å². The van der Waals surface area contributed by atoms with Gasteiger partial charge in [-0.1, -0.05) is 36.4 Å². The molecule has 0 bridgehead atoms. The van der Waals surface area contributed by atoms with Gasteiger partial charge in [-0.15, -0.1) is 11.3 Å². The van der Waals surface area contributed by atoms with E-state index in [0.29, 0.717) is 5.92 Å². The Morgan fingerprint density at radius 3 is 2.95 bits per heavy atom. The van der Waals surface area contributed by atoms with E-state index in [0.717, 1.165) is 18.6 Å². The summed E-state index contributed by atoms with van der Waals surface area (Å²) in [5.74, 6) is 0.386. The van der Waals surface area contributed by atoms with Crippen molar-refractivity contribution < 1.29 is 0 Å². The molecule has 0 amide bonds. The second-order valence-corrected chi connectivity index (χ2v) is 6.42. The molecule has 100 valence electrons. The molecule has 3 heteroatoms. The number of benzene rings is 2. The predicted octanol–water partition coefficient (Wildman–Crippen LogP) is 3.84. The van der Waals surface area contributed by atoms with E-state index in [2.05, 4.69) is 54.7 Å². The molecule has 1 aliphatic rings. The standard InChI is InChI=1S/C17H16N2S/c1-11-5-4-8-15-16(11)19-17(20-15)14-10-18-9-12-6-2-3-7-13(12)14/h2-8,14,18H,9-10H2,1H3. The van der Waals surface area contributed by atoms with Crippen molar-refractivity contribution in [3.63, 3.8) is 0 Å². The minimum atomic E-state index is 0.386. The summed E-state index contributed by atoms with van der Waals surface area (Å²) in [4.78, 5) is 4.91. The molecule has 2 aromatic carbocycles. The Balaban J connectivity index is 1.86. The molecule has 0 saturated heterocycles. The Kier molecular flexibility index (Phi) is 2.83. The summed E-state index contributed by atoms with van der Waals surface area (Å²) in [6.45, 7) is 4.09. The van der Waals surface area contributed by atoms with E-state index in [-0.39, 0.29) is 0 Å². The molecule has 20 heavy (non-hydrogen) atoms. The van der Waals surface area contributed by atoms with Crippen LogP contribution in [0.1, 0.15) is 27.6 Å². The number of para-hydroxylation sites is 1. The van der Waals surface area contributed by atoms with Gasteiger partial charge in [-0.3, -0.25) is 0 Å². The Morgan fingerprint density at radius 1 is 1.15 bits per heavy atom. The maximum atomic E-state index is 4.91. The van der Waals surface area contributed by atoms with Gasteiger partial charge in [0, 0.05) is 19.0 Å². The minimum absolute atomic E-state index is 0.386. The largest absolute Gasteiger partial charge is 0.312 e. The Bertz CT molecular complexity index is 776. The number of aryl methyl sites for hydroxylation is 1. The summed E-state index contributed by atoms with van der Waals surface area (Å²) in [6.07, 6.45) is 0. The second kappa shape index (κ2) is 4.69. The summed E-state index contributed by atoms with van der Waals surface area (Å²) in [5, 5.41) is 4.75. The van der Waals surface area contributed by atoms with Crippen LogP contribution in [-0.2, 0) is 6.54 Å². The highest BCUT2D eigenvalue weighted by atomic mass is 32.1. The van der Waals surface area contributed by atoms with E-state index in [1.54, 1.807) is 0 Å². The van der Waals surface area contributed by atoms with E-state index >= 15 is 0 Å². The first-order valence-electron chi connectivity index (χ1n) is 6.97. The molecule has 2 nitrogen and oxygen atoms in total. The first kappa shape index (κ1) is 12.1. The summed E-state index contributed by atoms with van der Waals surface area (Å²) in [7, 11) is 0. The summed E-state index contributed by atoms with van der Waals surface area (Å²) in [6, 6.07) is 15.1. The molecule has 1 aromatic heterocycles. The molecule has 2 heterocycles. The average Bonchev–Trinajstić information content (AvgIpc) is 2.92. The van der Waals surface area contributed by atoms with Crippen molar-refractivity contribution in [3.05, 3.63) is 64.2 Å². The number of fused-ring (bicyclic) bond motifs is 2. The monoisotopic (exact) mass is 280 g/mol. The molecule has 0 spiro atoms. The summed E-state index contributed by atoms with van der Waals surface area (Å²) in [5.41, 5.74) is 5.26. The highest BCUT2D eigenvalue weighted by Gasteiger charge is 2.24. The zero-order valence-corrected chi connectivity index (χ0v) is 12.2. The smallest absolute Gasteiger partial charge is 0.103 e. The SMILES string of the molecule is Cc1cccc2sc(C3CNCc4ccccc43)nc12. The Morgan fingerprint density at radius 2 is 2.05 bits per heavy atom. The third-order valence-corrected chi connectivity index (χ3v) is 5.16. The fourth-order valence-electron chi connectivity index (χ4n) is 2.97. The number of hydrogen-bond acceptors (Lipinski definition) is 3. The van der Waals surface area contributed by atoms with Crippen molar-refractivity contribution in [2.75, 3.05) is 6.54 Å². The number of thiazole rings is 1. The van der Waals surface area contributed by atoms with Crippen LogP contribution in [0.25, 0.3) is 10.2 Å². The van der Waals surface area contributed by atoms with Gasteiger partial charge >= 0.3 is 0 Å². The van der Waals surface area contributed by atoms with Gasteiger partial charge in [0.05, 0.1) is 10.2 Å². The topological polar surface area (TPSA) is 24.9 Å². The molecular weight excluding hydrogens is 264 g/mol. The van der Waals surface area contributed by atoms with Gasteiger partial charge in [-0.2, -0.15) is 0 Å². The highest BCUT2D eigenvalue weighted by Crippen LogP contribution is 2.35. The molecule has 0 aliphatic carbocycles. The lowest BCUT2D eigenvalue weighted by Crippen LogP contribution is -2.28. The van der Waals surface area contributed by atoms with Crippen LogP contribution in [0.15, 0.2) is 42.5 Å². The predicted molar refractivity (Wildman–Crippen MR) is 84.3 cm³/mol. The molecule has 4 rings (SSSR count). The molecule has 1 aliphatic heterocycles. The van der Waals surface area contributed by atoms with E-state index < -0.39 is 0 Å². The number of nitrogens with zero attached hydrogens (tertiary/aromatic N) is 1. The number of hydrogen-bond donors (Lipinski definition) is 1. The molecule has 0 fully saturated rings. The number of nitrogens with one attached hydrogen (secondary N) is 1. The quantitative estimate of drug-likeness (QED) is 0.732. The van der Waals surface area contributed by atoms with Crippen LogP contribution in [0.4, 0.5) is 0 Å². The lowest BCUT2D eigenvalue weighted by molar-refractivity contribution is 0.590. The number of rotatable bonds is 1.